The lowest BCUT2D eigenvalue weighted by molar-refractivity contribution is -0.127. The van der Waals surface area contributed by atoms with Crippen LogP contribution in [0.5, 0.6) is 17.2 Å². The van der Waals surface area contributed by atoms with Gasteiger partial charge in [-0.1, -0.05) is 79.5 Å². The number of benzene rings is 3. The number of hydrogen-bond acceptors (Lipinski definition) is 26. The van der Waals surface area contributed by atoms with E-state index in [1.165, 1.54) is 50.8 Å². The molecule has 6 aliphatic rings. The van der Waals surface area contributed by atoms with Crippen LogP contribution in [0.4, 0.5) is 43.8 Å². The largest absolute Gasteiger partial charge is 0.507 e. The molecule has 0 spiro atoms. The number of aromatic hydroxyl groups is 3. The fourth-order valence-corrected chi connectivity index (χ4v) is 21.1. The molecule has 32 nitrogen and oxygen atoms in total. The number of hydrogen-bond donors (Lipinski definition) is 3. The first-order valence-corrected chi connectivity index (χ1v) is 44.5. The number of carbonyl (C=O) groups excluding carboxylic acids is 4. The van der Waals surface area contributed by atoms with Gasteiger partial charge in [0, 0.05) is 77.5 Å². The Hall–Kier alpha value is -14.4. The number of phenols is 3. The Kier molecular flexibility index (Phi) is 23.9. The number of anilines is 3. The number of rotatable bonds is 12. The van der Waals surface area contributed by atoms with E-state index in [9.17, 15) is 61.5 Å². The van der Waals surface area contributed by atoms with Crippen LogP contribution < -0.4 is 31.8 Å². The number of amides is 3. The third-order valence-corrected chi connectivity index (χ3v) is 27.2. The van der Waals surface area contributed by atoms with Crippen molar-refractivity contribution < 1.29 is 78.2 Å². The van der Waals surface area contributed by atoms with Crippen molar-refractivity contribution in [1.82, 2.24) is 73.3 Å². The first-order valence-electron chi connectivity index (χ1n) is 41.5. The highest BCUT2D eigenvalue weighted by molar-refractivity contribution is 7.91. The molecule has 0 bridgehead atoms. The van der Waals surface area contributed by atoms with Crippen molar-refractivity contribution in [3.63, 3.8) is 0 Å². The number of carbonyl (C=O) groups is 4. The lowest BCUT2D eigenvalue weighted by atomic mass is 10.0. The van der Waals surface area contributed by atoms with Crippen LogP contribution in [0.3, 0.4) is 0 Å². The maximum atomic E-state index is 16.7. The normalized spacial score (nSPS) is 17.3. The highest BCUT2D eigenvalue weighted by atomic mass is 32.2. The molecule has 4 atom stereocenters. The average molecular weight is 1830 g/mol. The van der Waals surface area contributed by atoms with Gasteiger partial charge in [0.1, 0.15) is 86.3 Å². The first kappa shape index (κ1) is 89.9. The number of aryl methyl sites for hydroxylation is 3. The number of esters is 1. The van der Waals surface area contributed by atoms with Gasteiger partial charge in [0.05, 0.1) is 112 Å². The van der Waals surface area contributed by atoms with Crippen molar-refractivity contribution in [2.45, 2.75) is 108 Å². The van der Waals surface area contributed by atoms with Gasteiger partial charge in [-0.25, -0.2) is 82.6 Å². The molecule has 12 aromatic rings. The quantitative estimate of drug-likeness (QED) is 0.0581. The van der Waals surface area contributed by atoms with Crippen LogP contribution in [0.25, 0.3) is 83.9 Å². The zero-order chi connectivity index (χ0) is 93.8. The minimum Gasteiger partial charge on any atom is -0.507 e. The monoisotopic (exact) mass is 1830 g/mol. The van der Waals surface area contributed by atoms with E-state index >= 15 is 26.3 Å². The van der Waals surface area contributed by atoms with Crippen LogP contribution in [0.15, 0.2) is 154 Å². The highest BCUT2D eigenvalue weighted by Crippen LogP contribution is 2.48. The Balaban J connectivity index is 0.000000144. The van der Waals surface area contributed by atoms with E-state index in [1.807, 2.05) is 41.5 Å². The van der Waals surface area contributed by atoms with E-state index in [1.54, 1.807) is 77.2 Å². The zero-order valence-corrected chi connectivity index (χ0v) is 73.6. The van der Waals surface area contributed by atoms with Crippen molar-refractivity contribution in [1.29, 1.82) is 0 Å². The maximum absolute atomic E-state index is 16.7. The molecule has 3 fully saturated rings. The number of ether oxygens (including phenoxy) is 1. The second-order valence-electron chi connectivity index (χ2n) is 33.0. The Morgan fingerprint density at radius 2 is 0.817 bits per heavy atom. The fourth-order valence-electron chi connectivity index (χ4n) is 17.7. The number of cyclic esters (lactones) is 1. The molecular weight excluding hydrogens is 1750 g/mol. The van der Waals surface area contributed by atoms with Gasteiger partial charge in [-0.05, 0) is 128 Å². The molecule has 15 heterocycles. The van der Waals surface area contributed by atoms with Gasteiger partial charge < -0.3 is 49.5 Å². The van der Waals surface area contributed by atoms with Crippen LogP contribution >= 0.6 is 0 Å². The molecule has 0 saturated carbocycles. The van der Waals surface area contributed by atoms with Gasteiger partial charge in [0.25, 0.3) is 0 Å². The van der Waals surface area contributed by atoms with Crippen molar-refractivity contribution in [3.05, 3.63) is 235 Å². The summed E-state index contributed by atoms with van der Waals surface area (Å²) in [5.41, 5.74) is -3.04. The van der Waals surface area contributed by atoms with Gasteiger partial charge in [-0.3, -0.25) is 33.5 Å². The maximum Gasteiger partial charge on any atom is 0.355 e. The summed E-state index contributed by atoms with van der Waals surface area (Å²) in [4.78, 5) is 141. The number of piperazine rings is 3. The minimum atomic E-state index is -4.54. The fraction of sp³-hybridized carbons (Fsp3) is 0.297. The number of aromatic nitrogens is 12. The molecule has 3 N–H and O–H groups in total. The highest BCUT2D eigenvalue weighted by Gasteiger charge is 2.46. The number of nitrogens with zero attached hydrogens (tertiary/aromatic N) is 18. The van der Waals surface area contributed by atoms with Gasteiger partial charge in [-0.2, -0.15) is 15.0 Å². The lowest BCUT2D eigenvalue weighted by Crippen LogP contribution is -2.57. The predicted molar refractivity (Wildman–Crippen MR) is 474 cm³/mol. The molecule has 676 valence electrons. The minimum absolute atomic E-state index is 0.0213. The third-order valence-electron chi connectivity index (χ3n) is 23.8. The molecule has 4 unspecified atom stereocenters. The molecule has 9 aromatic heterocycles. The van der Waals surface area contributed by atoms with Gasteiger partial charge >= 0.3 is 23.0 Å². The number of pyridine rings is 6. The molecule has 18 rings (SSSR count). The summed E-state index contributed by atoms with van der Waals surface area (Å²) in [5, 5.41) is 31.4. The Morgan fingerprint density at radius 1 is 0.466 bits per heavy atom. The Labute approximate surface area is 745 Å². The Bertz CT molecular complexity index is 7220. The smallest absolute Gasteiger partial charge is 0.355 e. The first-order chi connectivity index (χ1) is 62.4. The number of phenolic OH excluding ortho intramolecular Hbond substituents is 3. The zero-order valence-electron chi connectivity index (χ0n) is 71.9. The van der Waals surface area contributed by atoms with Crippen molar-refractivity contribution in [2.75, 3.05) is 91.7 Å². The van der Waals surface area contributed by atoms with E-state index in [2.05, 4.69) is 64.6 Å². The molecule has 0 radical (unpaired) electrons. The molecule has 3 saturated heterocycles. The van der Waals surface area contributed by atoms with Crippen molar-refractivity contribution in [2.24, 2.45) is 0 Å². The second kappa shape index (κ2) is 34.9. The van der Waals surface area contributed by atoms with Crippen LogP contribution in [0.2, 0.25) is 0 Å². The molecule has 3 amide bonds. The lowest BCUT2D eigenvalue weighted by Gasteiger charge is -2.42. The Morgan fingerprint density at radius 3 is 1.22 bits per heavy atom. The SMILES string of the molecule is C=CC(=O)N1CCN2c3nc(=O)n(-c4c(C)ccnc4C(C)C)c4nc(-c5c(O)cccc5F)c(F)c(c34)C(=O)OCC2C1.C=CC(=O)N1CCN2c3nc(=O)n(-c4c(C)ccnc4C(C)C)c4nc(-c5c(O)cccc5F)c(F)c(c34)S(=O)(=O)CC2C1.C=CC(=O)N1CCN2c3nc(=O)n(-c4c(C)ccnc4C(C)C)c4nc(-c5c(O)cccc5F)c(F)c(c34)S(=O)CC2C1. The summed E-state index contributed by atoms with van der Waals surface area (Å²) in [5.74, 6) is -12.0. The molecule has 40 heteroatoms. The summed E-state index contributed by atoms with van der Waals surface area (Å²) in [6.07, 6.45) is 8.26. The van der Waals surface area contributed by atoms with Gasteiger partial charge in [0.15, 0.2) is 44.2 Å². The van der Waals surface area contributed by atoms with E-state index in [-0.39, 0.29) is 162 Å². The summed E-state index contributed by atoms with van der Waals surface area (Å²) < 4.78 is 147. The van der Waals surface area contributed by atoms with E-state index in [0.717, 1.165) is 45.5 Å². The molecule has 3 aromatic carbocycles. The number of halogens is 6. The van der Waals surface area contributed by atoms with Gasteiger partial charge in [-0.15, -0.1) is 0 Å². The van der Waals surface area contributed by atoms with E-state index < -0.39 is 170 Å². The van der Waals surface area contributed by atoms with Crippen LogP contribution in [0.1, 0.15) is 103 Å². The second-order valence-corrected chi connectivity index (χ2v) is 36.4. The van der Waals surface area contributed by atoms with E-state index in [0.29, 0.717) is 45.1 Å². The predicted octanol–water partition coefficient (Wildman–Crippen LogP) is 10.5. The summed E-state index contributed by atoms with van der Waals surface area (Å²) in [6, 6.07) is 13.2. The van der Waals surface area contributed by atoms with Crippen molar-refractivity contribution in [3.8, 4) is 68.1 Å². The average Bonchev–Trinajstić information content (AvgIpc) is 1.64. The summed E-state index contributed by atoms with van der Waals surface area (Å²) in [6.45, 7) is 28.2. The van der Waals surface area contributed by atoms with E-state index in [4.69, 9.17) is 4.74 Å². The molecule has 131 heavy (non-hydrogen) atoms. The third kappa shape index (κ3) is 15.5. The molecular formula is C91H84F6N18O14S2. The topological polar surface area (TPSA) is 391 Å². The summed E-state index contributed by atoms with van der Waals surface area (Å²) >= 11 is 0. The van der Waals surface area contributed by atoms with Crippen LogP contribution in [-0.4, -0.2) is 220 Å². The number of fused-ring (bicyclic) bond motifs is 6. The standard InChI is InChI=1S/C31H28F2N6O5.C30H28F2N6O5S.C30H28F2N6O4S/c1-5-20(41)37-11-12-38-17(13-37)14-44-30(42)22-23-28(38)36-31(43)39(27-16(4)9-10-34-25(27)15(2)3)29(23)35-26(24(22)33)21-18(32)7-6-8-19(21)40;1-5-20(40)36-11-12-37-17(13-36)14-44(42,43)27-22-28(37)35-30(41)38(26-16(4)9-10-33-24(26)15(2)3)29(22)34-25(23(27)32)21-18(31)7-6-8-19(21)39;1-5-20(40)36-11-12-37-17(13-36)14-43(42)27-22-28(37)35-30(41)38(26-16(4)9-10-33-24(26)15(2)3)29(22)34-25(23(27)32)21-18(31)7-6-8-19(21)39/h5-10,15,17,40H,1,11-14H2,2-4H3;5-10,15,17,39H,1,11-14H2,2-4H3;5-10,15,17,39H,1,11-14H2,2-4H3. The van der Waals surface area contributed by atoms with Crippen molar-refractivity contribution >= 4 is 94.9 Å². The van der Waals surface area contributed by atoms with Gasteiger partial charge in [0.2, 0.25) is 17.7 Å². The molecule has 6 aliphatic heterocycles. The molecule has 0 aliphatic carbocycles. The summed E-state index contributed by atoms with van der Waals surface area (Å²) in [7, 11) is -6.59. The van der Waals surface area contributed by atoms with Crippen LogP contribution in [-0.2, 0) is 39.8 Å². The number of sulfone groups is 1. The van der Waals surface area contributed by atoms with Crippen LogP contribution in [0, 0.1) is 55.7 Å².